The first-order valence-electron chi connectivity index (χ1n) is 6.69. The van der Waals surface area contributed by atoms with Crippen LogP contribution in [0.4, 0.5) is 0 Å². The minimum Gasteiger partial charge on any atom is -0.345 e. The van der Waals surface area contributed by atoms with Crippen molar-refractivity contribution in [1.82, 2.24) is 9.88 Å². The third kappa shape index (κ3) is 8.61. The smallest absolute Gasteiger partial charge is 0.222 e. The summed E-state index contributed by atoms with van der Waals surface area (Å²) in [6, 6.07) is 0. The van der Waals surface area contributed by atoms with Crippen molar-refractivity contribution in [2.45, 2.75) is 40.0 Å². The van der Waals surface area contributed by atoms with Crippen molar-refractivity contribution in [3.8, 4) is 0 Å². The molecule has 1 heterocycles. The van der Waals surface area contributed by atoms with E-state index in [9.17, 15) is 4.79 Å². The fourth-order valence-electron chi connectivity index (χ4n) is 1.93. The van der Waals surface area contributed by atoms with Crippen LogP contribution in [0, 0.1) is 12.3 Å². The molecule has 0 aromatic carbocycles. The van der Waals surface area contributed by atoms with E-state index in [1.165, 1.54) is 0 Å². The number of aromatic nitrogens is 1. The molecule has 0 spiro atoms. The predicted molar refractivity (Wildman–Crippen MR) is 94.8 cm³/mol. The second-order valence-electron chi connectivity index (χ2n) is 5.83. The Morgan fingerprint density at radius 1 is 1.43 bits per heavy atom. The lowest BCUT2D eigenvalue weighted by Gasteiger charge is -2.29. The second kappa shape index (κ2) is 10.4. The highest BCUT2D eigenvalue weighted by molar-refractivity contribution is 7.09. The maximum atomic E-state index is 12.0. The average molecular weight is 356 g/mol. The van der Waals surface area contributed by atoms with E-state index in [4.69, 9.17) is 5.73 Å². The predicted octanol–water partition coefficient (Wildman–Crippen LogP) is 3.06. The molecule has 1 aromatic heterocycles. The minimum atomic E-state index is -0.0174. The van der Waals surface area contributed by atoms with E-state index in [1.807, 2.05) is 14.0 Å². The topological polar surface area (TPSA) is 59.2 Å². The minimum absolute atomic E-state index is 0. The van der Waals surface area contributed by atoms with Gasteiger partial charge in [0.05, 0.1) is 10.7 Å². The Bertz CT molecular complexity index is 424. The SMILES string of the molecule is Cc1nc(CCCC(=O)N(C)CC(C)(C)CN)cs1.Cl.Cl. The maximum absolute atomic E-state index is 12.0. The molecule has 7 heteroatoms. The van der Waals surface area contributed by atoms with Crippen LogP contribution < -0.4 is 5.73 Å². The number of carbonyl (C=O) groups excluding carboxylic acids is 1. The van der Waals surface area contributed by atoms with Gasteiger partial charge in [-0.2, -0.15) is 0 Å². The molecule has 1 amide bonds. The number of rotatable bonds is 7. The largest absolute Gasteiger partial charge is 0.345 e. The summed E-state index contributed by atoms with van der Waals surface area (Å²) in [5, 5.41) is 3.16. The van der Waals surface area contributed by atoms with E-state index in [2.05, 4.69) is 24.2 Å². The van der Waals surface area contributed by atoms with Crippen LogP contribution in [0.2, 0.25) is 0 Å². The molecule has 0 aliphatic carbocycles. The van der Waals surface area contributed by atoms with Crippen molar-refractivity contribution in [2.75, 3.05) is 20.1 Å². The van der Waals surface area contributed by atoms with Crippen LogP contribution in [0.15, 0.2) is 5.38 Å². The number of thiazole rings is 1. The Labute approximate surface area is 144 Å². The van der Waals surface area contributed by atoms with Gasteiger partial charge in [-0.15, -0.1) is 36.2 Å². The van der Waals surface area contributed by atoms with E-state index in [-0.39, 0.29) is 36.1 Å². The zero-order chi connectivity index (χ0) is 14.5. The van der Waals surface area contributed by atoms with Crippen molar-refractivity contribution in [3.63, 3.8) is 0 Å². The molecule has 21 heavy (non-hydrogen) atoms. The van der Waals surface area contributed by atoms with Crippen LogP contribution in [0.3, 0.4) is 0 Å². The molecule has 124 valence electrons. The molecule has 1 aromatic rings. The molecule has 0 saturated heterocycles. The number of hydrogen-bond donors (Lipinski definition) is 1. The lowest BCUT2D eigenvalue weighted by atomic mass is 9.93. The van der Waals surface area contributed by atoms with E-state index in [1.54, 1.807) is 16.2 Å². The number of nitrogens with zero attached hydrogens (tertiary/aromatic N) is 2. The highest BCUT2D eigenvalue weighted by Crippen LogP contribution is 2.15. The quantitative estimate of drug-likeness (QED) is 0.817. The van der Waals surface area contributed by atoms with E-state index < -0.39 is 0 Å². The molecule has 2 N–H and O–H groups in total. The first kappa shape index (κ1) is 22.9. The number of carbonyl (C=O) groups is 1. The molecule has 0 unspecified atom stereocenters. The summed E-state index contributed by atoms with van der Waals surface area (Å²) in [4.78, 5) is 18.2. The standard InChI is InChI=1S/C14H25N3OS.2ClH/c1-11-16-12(8-19-11)6-5-7-13(18)17(4)10-14(2,3)9-15;;/h8H,5-7,9-10,15H2,1-4H3;2*1H. The maximum Gasteiger partial charge on any atom is 0.222 e. The van der Waals surface area contributed by atoms with E-state index in [0.717, 1.165) is 23.5 Å². The average Bonchev–Trinajstić information content (AvgIpc) is 2.74. The Balaban J connectivity index is 0. The van der Waals surface area contributed by atoms with Crippen molar-refractivity contribution < 1.29 is 4.79 Å². The molecule has 1 rings (SSSR count). The molecule has 0 fully saturated rings. The van der Waals surface area contributed by atoms with Gasteiger partial charge in [0.25, 0.3) is 0 Å². The van der Waals surface area contributed by atoms with Crippen LogP contribution >= 0.6 is 36.2 Å². The highest BCUT2D eigenvalue weighted by Gasteiger charge is 2.20. The fourth-order valence-corrected chi connectivity index (χ4v) is 2.58. The molecule has 0 bridgehead atoms. The fraction of sp³-hybridized carbons (Fsp3) is 0.714. The number of amides is 1. The van der Waals surface area contributed by atoms with Gasteiger partial charge in [0.1, 0.15) is 0 Å². The Morgan fingerprint density at radius 2 is 2.05 bits per heavy atom. The summed E-state index contributed by atoms with van der Waals surface area (Å²) in [5.41, 5.74) is 6.77. The van der Waals surface area contributed by atoms with Gasteiger partial charge in [-0.3, -0.25) is 4.79 Å². The van der Waals surface area contributed by atoms with Crippen LogP contribution in [-0.2, 0) is 11.2 Å². The van der Waals surface area contributed by atoms with Crippen molar-refractivity contribution >= 4 is 42.1 Å². The second-order valence-corrected chi connectivity index (χ2v) is 6.89. The van der Waals surface area contributed by atoms with Crippen LogP contribution in [0.25, 0.3) is 0 Å². The normalized spacial score (nSPS) is 10.5. The van der Waals surface area contributed by atoms with Gasteiger partial charge in [0, 0.05) is 25.4 Å². The van der Waals surface area contributed by atoms with Crippen LogP contribution in [0.5, 0.6) is 0 Å². The lowest BCUT2D eigenvalue weighted by Crippen LogP contribution is -2.39. The summed E-state index contributed by atoms with van der Waals surface area (Å²) >= 11 is 1.66. The van der Waals surface area contributed by atoms with Gasteiger partial charge < -0.3 is 10.6 Å². The molecule has 0 atom stereocenters. The number of aryl methyl sites for hydroxylation is 2. The van der Waals surface area contributed by atoms with Gasteiger partial charge in [0.2, 0.25) is 5.91 Å². The number of hydrogen-bond acceptors (Lipinski definition) is 4. The summed E-state index contributed by atoms with van der Waals surface area (Å²) < 4.78 is 0. The summed E-state index contributed by atoms with van der Waals surface area (Å²) in [6.07, 6.45) is 2.31. The molecule has 0 saturated carbocycles. The first-order chi connectivity index (χ1) is 8.84. The third-order valence-electron chi connectivity index (χ3n) is 3.13. The highest BCUT2D eigenvalue weighted by atomic mass is 35.5. The van der Waals surface area contributed by atoms with Crippen molar-refractivity contribution in [2.24, 2.45) is 11.1 Å². The van der Waals surface area contributed by atoms with Gasteiger partial charge in [-0.25, -0.2) is 4.98 Å². The molecule has 0 aliphatic rings. The third-order valence-corrected chi connectivity index (χ3v) is 3.96. The van der Waals surface area contributed by atoms with Crippen molar-refractivity contribution in [3.05, 3.63) is 16.1 Å². The zero-order valence-corrected chi connectivity index (χ0v) is 15.7. The van der Waals surface area contributed by atoms with Crippen molar-refractivity contribution in [1.29, 1.82) is 0 Å². The first-order valence-corrected chi connectivity index (χ1v) is 7.57. The van der Waals surface area contributed by atoms with Crippen LogP contribution in [-0.4, -0.2) is 35.9 Å². The van der Waals surface area contributed by atoms with Crippen LogP contribution in [0.1, 0.15) is 37.4 Å². The van der Waals surface area contributed by atoms with Gasteiger partial charge in [-0.05, 0) is 31.7 Å². The van der Waals surface area contributed by atoms with Gasteiger partial charge in [-0.1, -0.05) is 13.8 Å². The van der Waals surface area contributed by atoms with E-state index >= 15 is 0 Å². The molecular formula is C14H27Cl2N3OS. The Morgan fingerprint density at radius 3 is 2.52 bits per heavy atom. The van der Waals surface area contributed by atoms with E-state index in [0.29, 0.717) is 19.5 Å². The van der Waals surface area contributed by atoms with Gasteiger partial charge in [0.15, 0.2) is 0 Å². The summed E-state index contributed by atoms with van der Waals surface area (Å²) in [7, 11) is 1.85. The lowest BCUT2D eigenvalue weighted by molar-refractivity contribution is -0.131. The Hall–Kier alpha value is -0.360. The Kier molecular flexibility index (Phi) is 11.3. The monoisotopic (exact) mass is 355 g/mol. The number of nitrogens with two attached hydrogens (primary N) is 1. The number of halogens is 2. The zero-order valence-electron chi connectivity index (χ0n) is 13.2. The molecule has 0 aliphatic heterocycles. The summed E-state index contributed by atoms with van der Waals surface area (Å²) in [5.74, 6) is 0.188. The molecule has 4 nitrogen and oxygen atoms in total. The summed E-state index contributed by atoms with van der Waals surface area (Å²) in [6.45, 7) is 7.45. The van der Waals surface area contributed by atoms with Gasteiger partial charge >= 0.3 is 0 Å². The molecular weight excluding hydrogens is 329 g/mol. The molecule has 0 radical (unpaired) electrons.